The number of nitrogens with one attached hydrogen (secondary N) is 1. The Morgan fingerprint density at radius 2 is 1.96 bits per heavy atom. The molecule has 4 rings (SSSR count). The van der Waals surface area contributed by atoms with Crippen molar-refractivity contribution >= 4 is 29.2 Å². The molecular weight excluding hydrogens is 378 g/mol. The van der Waals surface area contributed by atoms with Gasteiger partial charge in [0.25, 0.3) is 5.91 Å². The number of halogens is 1. The first-order valence-electron chi connectivity index (χ1n) is 8.76. The fraction of sp³-hybridized carbons (Fsp3) is 0.250. The number of aromatic amines is 1. The second-order valence-electron chi connectivity index (χ2n) is 6.75. The topological polar surface area (TPSA) is 96.2 Å². The average molecular weight is 398 g/mol. The van der Waals surface area contributed by atoms with Gasteiger partial charge in [0.05, 0.1) is 34.0 Å². The normalized spacial score (nSPS) is 14.5. The van der Waals surface area contributed by atoms with Crippen molar-refractivity contribution in [2.75, 3.05) is 33.2 Å². The molecule has 1 amide bonds. The van der Waals surface area contributed by atoms with Crippen LogP contribution in [0, 0.1) is 11.3 Å². The van der Waals surface area contributed by atoms with Crippen LogP contribution in [-0.4, -0.2) is 64.0 Å². The van der Waals surface area contributed by atoms with Gasteiger partial charge in [0.2, 0.25) is 0 Å². The maximum Gasteiger partial charge on any atom is 0.255 e. The minimum atomic E-state index is -0.0241. The number of aromatic hydroxyl groups is 1. The number of nitrogens with zero attached hydrogens (tertiary/aromatic N) is 4. The van der Waals surface area contributed by atoms with Crippen LogP contribution < -0.4 is 0 Å². The Kier molecular flexibility index (Phi) is 5.54. The molecule has 28 heavy (non-hydrogen) atoms. The fourth-order valence-corrected chi connectivity index (χ4v) is 3.37. The van der Waals surface area contributed by atoms with E-state index in [1.54, 1.807) is 36.5 Å². The number of H-pyrrole nitrogens is 1. The number of likely N-dealkylation sites (N-methyl/N-ethyl adjacent to an activating group) is 1. The summed E-state index contributed by atoms with van der Waals surface area (Å²) < 4.78 is 0. The smallest absolute Gasteiger partial charge is 0.255 e. The summed E-state index contributed by atoms with van der Waals surface area (Å²) >= 11 is 0. The first-order chi connectivity index (χ1) is 13.1. The molecule has 3 heterocycles. The van der Waals surface area contributed by atoms with E-state index >= 15 is 0 Å². The summed E-state index contributed by atoms with van der Waals surface area (Å²) in [5, 5.41) is 20.1. The summed E-state index contributed by atoms with van der Waals surface area (Å²) in [6.45, 7) is 3.15. The minimum absolute atomic E-state index is 0. The molecule has 8 heteroatoms. The van der Waals surface area contributed by atoms with Crippen molar-refractivity contribution in [1.82, 2.24) is 19.8 Å². The van der Waals surface area contributed by atoms with E-state index in [1.807, 2.05) is 11.9 Å². The van der Waals surface area contributed by atoms with Crippen molar-refractivity contribution < 1.29 is 9.90 Å². The van der Waals surface area contributed by atoms with Gasteiger partial charge < -0.3 is 19.9 Å². The summed E-state index contributed by atoms with van der Waals surface area (Å²) in [6.07, 6.45) is 1.55. The van der Waals surface area contributed by atoms with Crippen LogP contribution in [0.2, 0.25) is 0 Å². The zero-order chi connectivity index (χ0) is 19.0. The highest BCUT2D eigenvalue weighted by atomic mass is 35.5. The molecule has 0 aliphatic carbocycles. The van der Waals surface area contributed by atoms with Crippen LogP contribution in [0.1, 0.15) is 15.9 Å². The molecule has 0 spiro atoms. The molecule has 1 aliphatic rings. The molecular formula is C20H20ClN5O2. The predicted octanol–water partition coefficient (Wildman–Crippen LogP) is 2.62. The number of nitriles is 1. The van der Waals surface area contributed by atoms with Crippen LogP contribution in [0.3, 0.4) is 0 Å². The van der Waals surface area contributed by atoms with Crippen LogP contribution in [-0.2, 0) is 0 Å². The van der Waals surface area contributed by atoms with Gasteiger partial charge >= 0.3 is 0 Å². The fourth-order valence-electron chi connectivity index (χ4n) is 3.37. The van der Waals surface area contributed by atoms with Gasteiger partial charge in [0.1, 0.15) is 0 Å². The van der Waals surface area contributed by atoms with Crippen LogP contribution in [0.5, 0.6) is 5.88 Å². The van der Waals surface area contributed by atoms with Crippen LogP contribution >= 0.6 is 12.4 Å². The highest BCUT2D eigenvalue weighted by molar-refractivity contribution is 5.99. The van der Waals surface area contributed by atoms with Gasteiger partial charge in [0.15, 0.2) is 5.88 Å². The van der Waals surface area contributed by atoms with E-state index in [2.05, 4.69) is 20.9 Å². The van der Waals surface area contributed by atoms with Crippen LogP contribution in [0.25, 0.3) is 22.2 Å². The van der Waals surface area contributed by atoms with Crippen molar-refractivity contribution in [1.29, 1.82) is 5.26 Å². The summed E-state index contributed by atoms with van der Waals surface area (Å²) in [7, 11) is 2.05. The van der Waals surface area contributed by atoms with Crippen molar-refractivity contribution in [3.8, 4) is 23.2 Å². The van der Waals surface area contributed by atoms with Crippen molar-refractivity contribution in [2.24, 2.45) is 0 Å². The Hall–Kier alpha value is -3.08. The third-order valence-corrected chi connectivity index (χ3v) is 4.96. The number of hydrogen-bond donors (Lipinski definition) is 2. The van der Waals surface area contributed by atoms with E-state index < -0.39 is 0 Å². The second kappa shape index (κ2) is 7.89. The zero-order valence-electron chi connectivity index (χ0n) is 15.3. The van der Waals surface area contributed by atoms with Gasteiger partial charge in [-0.3, -0.25) is 9.78 Å². The lowest BCUT2D eigenvalue weighted by atomic mass is 10.1. The van der Waals surface area contributed by atoms with Gasteiger partial charge in [-0.25, -0.2) is 0 Å². The molecule has 3 aromatic rings. The Morgan fingerprint density at radius 3 is 2.61 bits per heavy atom. The number of amides is 1. The number of piperazine rings is 1. The molecule has 0 atom stereocenters. The number of carbonyl (C=O) groups is 1. The average Bonchev–Trinajstić information content (AvgIpc) is 3.03. The molecule has 1 fully saturated rings. The van der Waals surface area contributed by atoms with Crippen LogP contribution in [0.4, 0.5) is 0 Å². The van der Waals surface area contributed by atoms with Gasteiger partial charge in [-0.15, -0.1) is 12.4 Å². The Balaban J connectivity index is 0.00000225. The molecule has 144 valence electrons. The first-order valence-corrected chi connectivity index (χ1v) is 8.76. The summed E-state index contributed by atoms with van der Waals surface area (Å²) in [5.74, 6) is -0.0327. The van der Waals surface area contributed by atoms with Gasteiger partial charge in [-0.2, -0.15) is 5.26 Å². The van der Waals surface area contributed by atoms with E-state index in [0.717, 1.165) is 18.5 Å². The number of hydrogen-bond acceptors (Lipinski definition) is 5. The molecule has 2 aromatic heterocycles. The van der Waals surface area contributed by atoms with Gasteiger partial charge in [0, 0.05) is 37.8 Å². The number of fused-ring (bicyclic) bond motifs is 1. The maximum absolute atomic E-state index is 12.6. The summed E-state index contributed by atoms with van der Waals surface area (Å²) in [4.78, 5) is 23.9. The minimum Gasteiger partial charge on any atom is -0.494 e. The monoisotopic (exact) mass is 397 g/mol. The molecule has 0 bridgehead atoms. The zero-order valence-corrected chi connectivity index (χ0v) is 16.2. The van der Waals surface area contributed by atoms with Gasteiger partial charge in [-0.1, -0.05) is 6.07 Å². The number of rotatable bonds is 2. The Bertz CT molecular complexity index is 1050. The molecule has 0 radical (unpaired) electrons. The molecule has 7 nitrogen and oxygen atoms in total. The van der Waals surface area contributed by atoms with Crippen molar-refractivity contribution in [2.45, 2.75) is 0 Å². The highest BCUT2D eigenvalue weighted by Gasteiger charge is 2.21. The maximum atomic E-state index is 12.6. The number of pyridine rings is 1. The van der Waals surface area contributed by atoms with Crippen molar-refractivity contribution in [3.05, 3.63) is 47.7 Å². The van der Waals surface area contributed by atoms with Crippen molar-refractivity contribution in [3.63, 3.8) is 0 Å². The molecule has 1 saturated heterocycles. The lowest BCUT2D eigenvalue weighted by Crippen LogP contribution is -2.47. The van der Waals surface area contributed by atoms with E-state index in [0.29, 0.717) is 41.0 Å². The summed E-state index contributed by atoms with van der Waals surface area (Å²) in [5.41, 5.74) is 2.85. The van der Waals surface area contributed by atoms with E-state index in [9.17, 15) is 9.90 Å². The summed E-state index contributed by atoms with van der Waals surface area (Å²) in [6, 6.07) is 10.7. The second-order valence-corrected chi connectivity index (χ2v) is 6.75. The first kappa shape index (κ1) is 19.7. The number of aromatic nitrogens is 2. The molecule has 1 aliphatic heterocycles. The third-order valence-electron chi connectivity index (χ3n) is 4.96. The largest absolute Gasteiger partial charge is 0.494 e. The Labute approximate surface area is 168 Å². The van der Waals surface area contributed by atoms with E-state index in [1.165, 1.54) is 0 Å². The molecule has 1 aromatic carbocycles. The molecule has 0 saturated carbocycles. The number of benzene rings is 1. The number of carbonyl (C=O) groups excluding carboxylic acids is 1. The lowest BCUT2D eigenvalue weighted by Gasteiger charge is -2.32. The van der Waals surface area contributed by atoms with Crippen LogP contribution in [0.15, 0.2) is 36.5 Å². The van der Waals surface area contributed by atoms with E-state index in [4.69, 9.17) is 5.26 Å². The SMILES string of the molecule is CN1CCN(C(=O)c2ccc(-c3c(O)[nH]c4cc(C#N)ccc34)nc2)CC1.Cl. The van der Waals surface area contributed by atoms with E-state index in [-0.39, 0.29) is 24.2 Å². The Morgan fingerprint density at radius 1 is 1.21 bits per heavy atom. The predicted molar refractivity (Wildman–Crippen MR) is 109 cm³/mol. The molecule has 0 unspecified atom stereocenters. The highest BCUT2D eigenvalue weighted by Crippen LogP contribution is 2.35. The lowest BCUT2D eigenvalue weighted by molar-refractivity contribution is 0.0663. The standard InChI is InChI=1S/C20H19N5O2.ClH/c1-24-6-8-25(9-7-24)20(27)14-3-5-16(22-12-14)18-15-4-2-13(11-21)10-17(15)23-19(18)26;/h2-5,10,12,23,26H,6-9H2,1H3;1H. The third kappa shape index (κ3) is 3.52. The van der Waals surface area contributed by atoms with Gasteiger partial charge in [-0.05, 0) is 31.3 Å². The quantitative estimate of drug-likeness (QED) is 0.692. The molecule has 2 N–H and O–H groups in total.